The van der Waals surface area contributed by atoms with Gasteiger partial charge in [-0.2, -0.15) is 0 Å². The molecule has 0 spiro atoms. The minimum atomic E-state index is 0.0586. The van der Waals surface area contributed by atoms with Crippen molar-refractivity contribution >= 4 is 23.4 Å². The molecule has 0 fully saturated rings. The van der Waals surface area contributed by atoms with Crippen LogP contribution in [-0.2, 0) is 4.79 Å². The van der Waals surface area contributed by atoms with E-state index in [0.717, 1.165) is 23.7 Å². The second-order valence-corrected chi connectivity index (χ2v) is 6.51. The first-order valence-corrected chi connectivity index (χ1v) is 8.09. The zero-order valence-electron chi connectivity index (χ0n) is 12.6. The van der Waals surface area contributed by atoms with Crippen molar-refractivity contribution in [1.29, 1.82) is 0 Å². The lowest BCUT2D eigenvalue weighted by Gasteiger charge is -2.14. The van der Waals surface area contributed by atoms with E-state index in [0.29, 0.717) is 11.4 Å². The van der Waals surface area contributed by atoms with Gasteiger partial charge in [0.1, 0.15) is 0 Å². The van der Waals surface area contributed by atoms with E-state index in [2.05, 4.69) is 31.1 Å². The van der Waals surface area contributed by atoms with Crippen molar-refractivity contribution in [2.24, 2.45) is 5.92 Å². The molecule has 0 aliphatic carbocycles. The Bertz CT molecular complexity index is 423. The van der Waals surface area contributed by atoms with E-state index in [1.807, 2.05) is 6.07 Å². The van der Waals surface area contributed by atoms with Crippen molar-refractivity contribution in [1.82, 2.24) is 10.3 Å². The summed E-state index contributed by atoms with van der Waals surface area (Å²) in [4.78, 5) is 16.7. The lowest BCUT2D eigenvalue weighted by molar-refractivity contribution is -0.119. The third kappa shape index (κ3) is 6.80. The second-order valence-electron chi connectivity index (χ2n) is 5.50. The first kappa shape index (κ1) is 16.8. The number of nitrogen functional groups attached to an aromatic ring is 1. The lowest BCUT2D eigenvalue weighted by Crippen LogP contribution is -2.33. The fraction of sp³-hybridized carbons (Fsp3) is 0.600. The van der Waals surface area contributed by atoms with E-state index in [1.165, 1.54) is 18.2 Å². The molecule has 5 heteroatoms. The zero-order chi connectivity index (χ0) is 15.0. The Balaban J connectivity index is 2.24. The molecule has 0 bridgehead atoms. The lowest BCUT2D eigenvalue weighted by atomic mass is 10.0. The van der Waals surface area contributed by atoms with Crippen LogP contribution in [0, 0.1) is 5.92 Å². The third-order valence-corrected chi connectivity index (χ3v) is 4.08. The number of carbonyl (C=O) groups excluding carboxylic acids is 1. The maximum atomic E-state index is 11.8. The standard InChI is InChI=1S/C15H25N3OS/c1-11(2)5-4-6-12(3)18-15(19)10-20-14-7-8-17-9-13(14)16/h7-9,11-12H,4-6,10,16H2,1-3H3,(H,18,19). The monoisotopic (exact) mass is 295 g/mol. The normalized spacial score (nSPS) is 12.4. The minimum Gasteiger partial charge on any atom is -0.397 e. The van der Waals surface area contributed by atoms with Gasteiger partial charge in [-0.3, -0.25) is 9.78 Å². The first-order valence-electron chi connectivity index (χ1n) is 7.10. The van der Waals surface area contributed by atoms with Gasteiger partial charge in [0.15, 0.2) is 0 Å². The molecular weight excluding hydrogens is 270 g/mol. The number of carbonyl (C=O) groups is 1. The molecule has 0 saturated carbocycles. The van der Waals surface area contributed by atoms with Crippen LogP contribution in [0.3, 0.4) is 0 Å². The first-order chi connectivity index (χ1) is 9.49. The number of aromatic nitrogens is 1. The van der Waals surface area contributed by atoms with Gasteiger partial charge in [-0.05, 0) is 25.3 Å². The Labute approximate surface area is 125 Å². The van der Waals surface area contributed by atoms with Gasteiger partial charge in [0, 0.05) is 17.1 Å². The van der Waals surface area contributed by atoms with Crippen molar-refractivity contribution in [3.8, 4) is 0 Å². The Morgan fingerprint density at radius 3 is 2.80 bits per heavy atom. The quantitative estimate of drug-likeness (QED) is 0.723. The molecule has 1 heterocycles. The Kier molecular flexibility index (Phi) is 7.44. The SMILES string of the molecule is CC(C)CCCC(C)NC(=O)CSc1ccncc1N. The largest absolute Gasteiger partial charge is 0.397 e. The van der Waals surface area contributed by atoms with Gasteiger partial charge in [0.2, 0.25) is 5.91 Å². The van der Waals surface area contributed by atoms with Crippen LogP contribution in [0.4, 0.5) is 5.69 Å². The molecule has 1 atom stereocenters. The molecule has 0 aromatic carbocycles. The minimum absolute atomic E-state index is 0.0586. The predicted octanol–water partition coefficient (Wildman–Crippen LogP) is 3.09. The van der Waals surface area contributed by atoms with Crippen LogP contribution < -0.4 is 11.1 Å². The van der Waals surface area contributed by atoms with Gasteiger partial charge in [-0.25, -0.2) is 0 Å². The molecule has 1 unspecified atom stereocenters. The van der Waals surface area contributed by atoms with Gasteiger partial charge in [0.05, 0.1) is 17.6 Å². The fourth-order valence-corrected chi connectivity index (χ4v) is 2.64. The number of amides is 1. The van der Waals surface area contributed by atoms with E-state index in [1.54, 1.807) is 12.4 Å². The molecule has 3 N–H and O–H groups in total. The smallest absolute Gasteiger partial charge is 0.230 e. The average Bonchev–Trinajstić information content (AvgIpc) is 2.37. The van der Waals surface area contributed by atoms with E-state index < -0.39 is 0 Å². The van der Waals surface area contributed by atoms with Gasteiger partial charge >= 0.3 is 0 Å². The second kappa shape index (κ2) is 8.84. The van der Waals surface area contributed by atoms with Gasteiger partial charge in [0.25, 0.3) is 0 Å². The van der Waals surface area contributed by atoms with Crippen LogP contribution in [-0.4, -0.2) is 22.7 Å². The fourth-order valence-electron chi connectivity index (χ4n) is 1.89. The number of nitrogens with two attached hydrogens (primary N) is 1. The summed E-state index contributed by atoms with van der Waals surface area (Å²) in [6.45, 7) is 6.50. The summed E-state index contributed by atoms with van der Waals surface area (Å²) in [6.07, 6.45) is 6.69. The van der Waals surface area contributed by atoms with Crippen LogP contribution in [0.25, 0.3) is 0 Å². The number of anilines is 1. The van der Waals surface area contributed by atoms with Crippen molar-refractivity contribution < 1.29 is 4.79 Å². The topological polar surface area (TPSA) is 68.0 Å². The number of nitrogens with zero attached hydrogens (tertiary/aromatic N) is 1. The molecule has 1 aromatic heterocycles. The molecular formula is C15H25N3OS. The summed E-state index contributed by atoms with van der Waals surface area (Å²) in [5, 5.41) is 3.03. The molecule has 0 radical (unpaired) electrons. The van der Waals surface area contributed by atoms with E-state index in [4.69, 9.17) is 5.73 Å². The van der Waals surface area contributed by atoms with Crippen LogP contribution in [0.5, 0.6) is 0 Å². The number of thioether (sulfide) groups is 1. The van der Waals surface area contributed by atoms with Crippen LogP contribution in [0.15, 0.2) is 23.4 Å². The molecule has 1 amide bonds. The Hall–Kier alpha value is -1.23. The molecule has 1 aromatic rings. The van der Waals surface area contributed by atoms with Crippen molar-refractivity contribution in [3.63, 3.8) is 0 Å². The molecule has 0 aliphatic heterocycles. The Morgan fingerprint density at radius 2 is 2.15 bits per heavy atom. The molecule has 4 nitrogen and oxygen atoms in total. The summed E-state index contributed by atoms with van der Waals surface area (Å²) < 4.78 is 0. The maximum Gasteiger partial charge on any atom is 0.230 e. The highest BCUT2D eigenvalue weighted by molar-refractivity contribution is 8.00. The summed E-state index contributed by atoms with van der Waals surface area (Å²) in [6, 6.07) is 2.07. The van der Waals surface area contributed by atoms with Crippen LogP contribution in [0.2, 0.25) is 0 Å². The number of hydrogen-bond acceptors (Lipinski definition) is 4. The zero-order valence-corrected chi connectivity index (χ0v) is 13.4. The molecule has 20 heavy (non-hydrogen) atoms. The van der Waals surface area contributed by atoms with Gasteiger partial charge in [-0.1, -0.05) is 26.7 Å². The predicted molar refractivity (Wildman–Crippen MR) is 85.7 cm³/mol. The van der Waals surface area contributed by atoms with Crippen LogP contribution >= 0.6 is 11.8 Å². The van der Waals surface area contributed by atoms with E-state index in [9.17, 15) is 4.79 Å². The molecule has 0 saturated heterocycles. The highest BCUT2D eigenvalue weighted by Gasteiger charge is 2.09. The Morgan fingerprint density at radius 1 is 1.40 bits per heavy atom. The number of hydrogen-bond donors (Lipinski definition) is 2. The van der Waals surface area contributed by atoms with Crippen molar-refractivity contribution in [2.45, 2.75) is 51.0 Å². The van der Waals surface area contributed by atoms with E-state index >= 15 is 0 Å². The maximum absolute atomic E-state index is 11.8. The van der Waals surface area contributed by atoms with E-state index in [-0.39, 0.29) is 11.9 Å². The number of pyridine rings is 1. The highest BCUT2D eigenvalue weighted by atomic mass is 32.2. The summed E-state index contributed by atoms with van der Waals surface area (Å²) in [5.74, 6) is 1.18. The van der Waals surface area contributed by atoms with Crippen LogP contribution in [0.1, 0.15) is 40.0 Å². The third-order valence-electron chi connectivity index (χ3n) is 2.99. The number of nitrogens with one attached hydrogen (secondary N) is 1. The van der Waals surface area contributed by atoms with Crippen molar-refractivity contribution in [2.75, 3.05) is 11.5 Å². The van der Waals surface area contributed by atoms with Crippen molar-refractivity contribution in [3.05, 3.63) is 18.5 Å². The molecule has 0 aliphatic rings. The molecule has 112 valence electrons. The number of rotatable bonds is 8. The summed E-state index contributed by atoms with van der Waals surface area (Å²) >= 11 is 1.45. The average molecular weight is 295 g/mol. The summed E-state index contributed by atoms with van der Waals surface area (Å²) in [7, 11) is 0. The van der Waals surface area contributed by atoms with Gasteiger partial charge < -0.3 is 11.1 Å². The molecule has 1 rings (SSSR count). The summed E-state index contributed by atoms with van der Waals surface area (Å²) in [5.41, 5.74) is 6.41. The highest BCUT2D eigenvalue weighted by Crippen LogP contribution is 2.23. The van der Waals surface area contributed by atoms with Gasteiger partial charge in [-0.15, -0.1) is 11.8 Å².